The lowest BCUT2D eigenvalue weighted by Gasteiger charge is -2.14. The van der Waals surface area contributed by atoms with Crippen LogP contribution >= 0.6 is 0 Å². The van der Waals surface area contributed by atoms with Gasteiger partial charge in [-0.25, -0.2) is 4.39 Å². The van der Waals surface area contributed by atoms with E-state index in [4.69, 9.17) is 5.73 Å². The molecule has 1 atom stereocenters. The molecule has 0 amide bonds. The monoisotopic (exact) mass is 403 g/mol. The maximum Gasteiger partial charge on any atom is 0.193 e. The number of benzene rings is 3. The van der Waals surface area contributed by atoms with Crippen molar-refractivity contribution in [3.05, 3.63) is 105 Å². The van der Waals surface area contributed by atoms with E-state index in [1.165, 1.54) is 11.6 Å². The first-order chi connectivity index (χ1) is 14.4. The number of halogens is 1. The second-order valence-electron chi connectivity index (χ2n) is 8.07. The number of hydrogen-bond donors (Lipinski definition) is 1. The van der Waals surface area contributed by atoms with Gasteiger partial charge in [-0.2, -0.15) is 0 Å². The van der Waals surface area contributed by atoms with Gasteiger partial charge in [0, 0.05) is 17.2 Å². The lowest BCUT2D eigenvalue weighted by Crippen LogP contribution is -2.12. The Hall–Kier alpha value is -2.78. The Morgan fingerprint density at radius 2 is 1.67 bits per heavy atom. The molecule has 0 aromatic heterocycles. The van der Waals surface area contributed by atoms with Crippen LogP contribution in [0.25, 0.3) is 0 Å². The molecule has 0 spiro atoms. The van der Waals surface area contributed by atoms with E-state index < -0.39 is 0 Å². The van der Waals surface area contributed by atoms with E-state index in [9.17, 15) is 9.18 Å². The van der Waals surface area contributed by atoms with Crippen molar-refractivity contribution in [1.82, 2.24) is 0 Å². The van der Waals surface area contributed by atoms with Gasteiger partial charge in [0.25, 0.3) is 0 Å². The topological polar surface area (TPSA) is 43.1 Å². The number of hydrogen-bond acceptors (Lipinski definition) is 2. The summed E-state index contributed by atoms with van der Waals surface area (Å²) < 4.78 is 13.3. The van der Waals surface area contributed by atoms with Gasteiger partial charge in [0.1, 0.15) is 5.82 Å². The minimum absolute atomic E-state index is 0.0395. The Bertz CT molecular complexity index is 1020. The largest absolute Gasteiger partial charge is 0.324 e. The van der Waals surface area contributed by atoms with Crippen molar-refractivity contribution in [2.45, 2.75) is 52.5 Å². The minimum Gasteiger partial charge on any atom is -0.324 e. The fourth-order valence-electron chi connectivity index (χ4n) is 3.88. The summed E-state index contributed by atoms with van der Waals surface area (Å²) in [6, 6.07) is 18.4. The molecule has 0 saturated carbocycles. The van der Waals surface area contributed by atoms with E-state index in [2.05, 4.69) is 13.0 Å². The van der Waals surface area contributed by atoms with E-state index in [-0.39, 0.29) is 17.6 Å². The molecule has 3 rings (SSSR count). The van der Waals surface area contributed by atoms with E-state index in [1.54, 1.807) is 6.07 Å². The minimum atomic E-state index is -0.212. The smallest absolute Gasteiger partial charge is 0.193 e. The van der Waals surface area contributed by atoms with Gasteiger partial charge in [0.05, 0.1) is 0 Å². The summed E-state index contributed by atoms with van der Waals surface area (Å²) in [5, 5.41) is 0. The van der Waals surface area contributed by atoms with Crippen LogP contribution in [0.15, 0.2) is 60.7 Å². The highest BCUT2D eigenvalue weighted by Gasteiger charge is 2.14. The molecule has 1 unspecified atom stereocenters. The summed E-state index contributed by atoms with van der Waals surface area (Å²) in [6.45, 7) is 6.07. The SMILES string of the molecule is CCCc1ccc(C(=O)c2ccc(C(N)CCc3ccc(F)cc3C)cc2)c(C)c1. The fraction of sp³-hybridized carbons (Fsp3) is 0.296. The molecule has 0 aliphatic rings. The third-order valence-electron chi connectivity index (χ3n) is 5.70. The van der Waals surface area contributed by atoms with E-state index in [1.807, 2.05) is 56.3 Å². The number of nitrogens with two attached hydrogens (primary N) is 1. The lowest BCUT2D eigenvalue weighted by molar-refractivity contribution is 0.103. The highest BCUT2D eigenvalue weighted by atomic mass is 19.1. The van der Waals surface area contributed by atoms with Crippen LogP contribution in [-0.4, -0.2) is 5.78 Å². The summed E-state index contributed by atoms with van der Waals surface area (Å²) in [5.41, 5.74) is 13.1. The van der Waals surface area contributed by atoms with Gasteiger partial charge in [-0.3, -0.25) is 4.79 Å². The first-order valence-corrected chi connectivity index (χ1v) is 10.6. The van der Waals surface area contributed by atoms with Gasteiger partial charge in [0.15, 0.2) is 5.78 Å². The van der Waals surface area contributed by atoms with Crippen molar-refractivity contribution >= 4 is 5.78 Å². The molecule has 3 aromatic carbocycles. The Morgan fingerprint density at radius 1 is 0.933 bits per heavy atom. The predicted octanol–water partition coefficient (Wildman–Crippen LogP) is 6.26. The standard InChI is InChI=1S/C27H30FNO/c1-4-5-20-6-14-25(19(3)16-20)27(30)23-9-7-22(8-10-23)26(29)15-12-21-11-13-24(28)17-18(21)2/h6-11,13-14,16-17,26H,4-5,12,15,29H2,1-3H3. The number of rotatable bonds is 8. The quantitative estimate of drug-likeness (QED) is 0.451. The van der Waals surface area contributed by atoms with Crippen LogP contribution in [0.4, 0.5) is 4.39 Å². The summed E-state index contributed by atoms with van der Waals surface area (Å²) >= 11 is 0. The molecule has 156 valence electrons. The van der Waals surface area contributed by atoms with Crippen LogP contribution in [0.2, 0.25) is 0 Å². The zero-order chi connectivity index (χ0) is 21.7. The molecule has 3 heteroatoms. The Balaban J connectivity index is 1.67. The van der Waals surface area contributed by atoms with Gasteiger partial charge in [-0.05, 0) is 73.1 Å². The first kappa shape index (κ1) is 21.9. The molecule has 30 heavy (non-hydrogen) atoms. The van der Waals surface area contributed by atoms with Crippen LogP contribution in [0.3, 0.4) is 0 Å². The molecule has 0 aliphatic heterocycles. The Kier molecular flexibility index (Phi) is 7.17. The molecule has 0 aliphatic carbocycles. The fourth-order valence-corrected chi connectivity index (χ4v) is 3.88. The molecule has 0 bridgehead atoms. The zero-order valence-corrected chi connectivity index (χ0v) is 18.0. The van der Waals surface area contributed by atoms with E-state index >= 15 is 0 Å². The average Bonchev–Trinajstić information content (AvgIpc) is 2.73. The highest BCUT2D eigenvalue weighted by Crippen LogP contribution is 2.22. The molecule has 2 N–H and O–H groups in total. The molecule has 3 aromatic rings. The van der Waals surface area contributed by atoms with Crippen molar-refractivity contribution in [3.63, 3.8) is 0 Å². The van der Waals surface area contributed by atoms with Crippen LogP contribution in [0, 0.1) is 19.7 Å². The molecule has 0 radical (unpaired) electrons. The molecule has 0 fully saturated rings. The van der Waals surface area contributed by atoms with Gasteiger partial charge in [0.2, 0.25) is 0 Å². The average molecular weight is 404 g/mol. The normalized spacial score (nSPS) is 12.0. The van der Waals surface area contributed by atoms with Crippen molar-refractivity contribution in [2.24, 2.45) is 5.73 Å². The van der Waals surface area contributed by atoms with Gasteiger partial charge < -0.3 is 5.73 Å². The number of ketones is 1. The molecular formula is C27H30FNO. The summed E-state index contributed by atoms with van der Waals surface area (Å²) in [4.78, 5) is 12.9. The number of carbonyl (C=O) groups excluding carboxylic acids is 1. The van der Waals surface area contributed by atoms with Crippen molar-refractivity contribution in [1.29, 1.82) is 0 Å². The van der Waals surface area contributed by atoms with Crippen LogP contribution in [0.1, 0.15) is 69.5 Å². The molecule has 2 nitrogen and oxygen atoms in total. The molecule has 0 heterocycles. The third-order valence-corrected chi connectivity index (χ3v) is 5.70. The molecule has 0 saturated heterocycles. The first-order valence-electron chi connectivity index (χ1n) is 10.6. The maximum atomic E-state index is 13.3. The third kappa shape index (κ3) is 5.22. The summed E-state index contributed by atoms with van der Waals surface area (Å²) in [6.07, 6.45) is 3.67. The number of carbonyl (C=O) groups is 1. The van der Waals surface area contributed by atoms with Crippen molar-refractivity contribution < 1.29 is 9.18 Å². The highest BCUT2D eigenvalue weighted by molar-refractivity contribution is 6.09. The van der Waals surface area contributed by atoms with Gasteiger partial charge >= 0.3 is 0 Å². The van der Waals surface area contributed by atoms with Crippen molar-refractivity contribution in [3.8, 4) is 0 Å². The second-order valence-corrected chi connectivity index (χ2v) is 8.07. The van der Waals surface area contributed by atoms with E-state index in [0.29, 0.717) is 5.56 Å². The van der Waals surface area contributed by atoms with Gasteiger partial charge in [-0.15, -0.1) is 0 Å². The van der Waals surface area contributed by atoms with Crippen molar-refractivity contribution in [2.75, 3.05) is 0 Å². The second kappa shape index (κ2) is 9.82. The predicted molar refractivity (Wildman–Crippen MR) is 121 cm³/mol. The maximum absolute atomic E-state index is 13.3. The van der Waals surface area contributed by atoms with Crippen LogP contribution in [-0.2, 0) is 12.8 Å². The lowest BCUT2D eigenvalue weighted by atomic mass is 9.93. The van der Waals surface area contributed by atoms with E-state index in [0.717, 1.165) is 53.5 Å². The summed E-state index contributed by atoms with van der Waals surface area (Å²) in [5.74, 6) is -0.173. The van der Waals surface area contributed by atoms with Gasteiger partial charge in [-0.1, -0.05) is 61.9 Å². The Labute approximate surface area is 178 Å². The summed E-state index contributed by atoms with van der Waals surface area (Å²) in [7, 11) is 0. The Morgan fingerprint density at radius 3 is 2.30 bits per heavy atom. The number of aryl methyl sites for hydroxylation is 4. The van der Waals surface area contributed by atoms with Crippen LogP contribution < -0.4 is 5.73 Å². The molecular weight excluding hydrogens is 373 g/mol. The zero-order valence-electron chi connectivity index (χ0n) is 18.0. The van der Waals surface area contributed by atoms with Crippen LogP contribution in [0.5, 0.6) is 0 Å².